The van der Waals surface area contributed by atoms with Gasteiger partial charge in [0.2, 0.25) is 5.71 Å². The van der Waals surface area contributed by atoms with Crippen LogP contribution in [0, 0.1) is 43.6 Å². The molecule has 0 amide bonds. The summed E-state index contributed by atoms with van der Waals surface area (Å²) in [5.74, 6) is 9.17. The van der Waals surface area contributed by atoms with Crippen LogP contribution in [0.15, 0.2) is 95.7 Å². The van der Waals surface area contributed by atoms with Gasteiger partial charge in [0, 0.05) is 37.3 Å². The van der Waals surface area contributed by atoms with Crippen LogP contribution >= 0.6 is 0 Å². The third kappa shape index (κ3) is 9.82. The first-order valence-electron chi connectivity index (χ1n) is 21.5. The molecule has 59 heavy (non-hydrogen) atoms. The third-order valence-electron chi connectivity index (χ3n) is 12.8. The number of halogens is 1. The Labute approximate surface area is 366 Å². The summed E-state index contributed by atoms with van der Waals surface area (Å²) in [5, 5.41) is 2.06. The molecule has 307 valence electrons. The van der Waals surface area contributed by atoms with Crippen LogP contribution < -0.4 is 4.40 Å². The Hall–Kier alpha value is -3.97. The van der Waals surface area contributed by atoms with Crippen LogP contribution in [0.5, 0.6) is 0 Å². The minimum absolute atomic E-state index is 0. The average Bonchev–Trinajstić information content (AvgIpc) is 3.88. The van der Waals surface area contributed by atoms with Gasteiger partial charge in [-0.05, 0) is 67.5 Å². The van der Waals surface area contributed by atoms with Crippen molar-refractivity contribution in [3.63, 3.8) is 0 Å². The molecule has 3 aromatic carbocycles. The summed E-state index contributed by atoms with van der Waals surface area (Å²) in [4.78, 5) is 14.2. The first kappa shape index (κ1) is 43.1. The van der Waals surface area contributed by atoms with Crippen molar-refractivity contribution in [1.82, 2.24) is 15.0 Å². The van der Waals surface area contributed by atoms with Crippen LogP contribution in [0.4, 0.5) is 4.39 Å². The number of fused-ring (bicyclic) bond motifs is 3. The maximum absolute atomic E-state index is 13.5. The summed E-state index contributed by atoms with van der Waals surface area (Å²) in [5.41, 5.74) is 12.4. The molecule has 1 radical (unpaired) electrons. The summed E-state index contributed by atoms with van der Waals surface area (Å²) in [6, 6.07) is 32.5. The molecule has 0 saturated heterocycles. The fourth-order valence-electron chi connectivity index (χ4n) is 9.48. The van der Waals surface area contributed by atoms with Gasteiger partial charge in [0.1, 0.15) is 0 Å². The van der Waals surface area contributed by atoms with E-state index >= 15 is 0 Å². The molecule has 0 aliphatic heterocycles. The van der Waals surface area contributed by atoms with Gasteiger partial charge in [-0.25, -0.2) is 4.98 Å². The summed E-state index contributed by atoms with van der Waals surface area (Å²) < 4.78 is 21.3. The van der Waals surface area contributed by atoms with E-state index in [0.717, 1.165) is 62.8 Å². The summed E-state index contributed by atoms with van der Waals surface area (Å²) in [7, 11) is 0. The second-order valence-corrected chi connectivity index (χ2v) is 28.5. The van der Waals surface area contributed by atoms with Gasteiger partial charge in [0.15, 0.2) is 0 Å². The molecule has 2 aliphatic carbocycles. The van der Waals surface area contributed by atoms with Crippen molar-refractivity contribution in [3.05, 3.63) is 131 Å². The first-order chi connectivity index (χ1) is 28.0. The van der Waals surface area contributed by atoms with Crippen molar-refractivity contribution in [1.29, 1.82) is 0 Å². The third-order valence-corrected chi connectivity index (χ3v) is 17.1. The molecule has 4 aromatic heterocycles. The minimum atomic E-state index is -1.96. The van der Waals surface area contributed by atoms with E-state index in [1.165, 1.54) is 102 Å². The van der Waals surface area contributed by atoms with E-state index in [0.29, 0.717) is 11.6 Å². The molecule has 2 saturated carbocycles. The van der Waals surface area contributed by atoms with Gasteiger partial charge in [-0.2, -0.15) is 0 Å². The van der Waals surface area contributed by atoms with Gasteiger partial charge < -0.3 is 9.40 Å². The van der Waals surface area contributed by atoms with Crippen LogP contribution in [0.1, 0.15) is 92.9 Å². The normalized spacial score (nSPS) is 15.5. The minimum Gasteiger partial charge on any atom is 0 e. The Morgan fingerprint density at radius 3 is 2.22 bits per heavy atom. The van der Waals surface area contributed by atoms with Gasteiger partial charge in [0.05, 0.1) is 11.3 Å². The fraction of sp³-hybridized carbons (Fsp3) is 0.365. The van der Waals surface area contributed by atoms with Crippen molar-refractivity contribution < 1.29 is 28.9 Å². The zero-order valence-electron chi connectivity index (χ0n) is 35.4. The zero-order chi connectivity index (χ0) is 40.4. The predicted octanol–water partition coefficient (Wildman–Crippen LogP) is 13.8. The fourth-order valence-corrected chi connectivity index (χ4v) is 12.8. The maximum atomic E-state index is 13.5. The maximum Gasteiger partial charge on any atom is 0 e. The smallest absolute Gasteiger partial charge is 0 e. The van der Waals surface area contributed by atoms with Crippen LogP contribution in [-0.2, 0) is 26.5 Å². The molecule has 4 heterocycles. The molecule has 4 nitrogen and oxygen atoms in total. The van der Waals surface area contributed by atoms with Crippen molar-refractivity contribution in [2.45, 2.75) is 108 Å². The van der Waals surface area contributed by atoms with Crippen LogP contribution in [0.2, 0.25) is 17.3 Å². The van der Waals surface area contributed by atoms with E-state index in [-0.39, 0.29) is 25.9 Å². The van der Waals surface area contributed by atoms with Crippen LogP contribution in [-0.4, -0.2) is 28.2 Å². The second-order valence-electron chi connectivity index (χ2n) is 18.0. The Morgan fingerprint density at radius 1 is 0.780 bits per heavy atom. The quantitative estimate of drug-likeness (QED) is 0.112. The number of aromatic nitrogens is 3. The molecule has 7 aromatic rings. The van der Waals surface area contributed by atoms with E-state index in [2.05, 4.69) is 121 Å². The van der Waals surface area contributed by atoms with E-state index in [4.69, 9.17) is 9.40 Å². The van der Waals surface area contributed by atoms with E-state index in [9.17, 15) is 4.39 Å². The Morgan fingerprint density at radius 2 is 1.49 bits per heavy atom. The molecule has 0 bridgehead atoms. The van der Waals surface area contributed by atoms with Crippen molar-refractivity contribution in [3.8, 4) is 33.8 Å². The molecule has 1 atom stereocenters. The Bertz CT molecular complexity index is 2530. The number of hydrogen-bond acceptors (Lipinski definition) is 4. The largest absolute Gasteiger partial charge is 0 e. The number of pyridine rings is 3. The first-order valence-corrected chi connectivity index (χ1v) is 28.8. The molecule has 2 aliphatic rings. The Kier molecular flexibility index (Phi) is 13.7. The molecule has 9 rings (SSSR count). The molecule has 1 unspecified atom stereocenters. The molecule has 0 spiro atoms. The van der Waals surface area contributed by atoms with Gasteiger partial charge in [-0.15, -0.1) is 17.7 Å². The molecule has 7 heteroatoms. The number of hydrogen-bond donors (Lipinski definition) is 0. The van der Waals surface area contributed by atoms with Crippen LogP contribution in [0.25, 0.3) is 55.8 Å². The second kappa shape index (κ2) is 18.7. The molecular formula is C52H56FGeIrN3O-2. The molecular weight excluding hydrogens is 966 g/mol. The van der Waals surface area contributed by atoms with Gasteiger partial charge >= 0.3 is 141 Å². The standard InChI is InChI=1S/C32H31N2O.C20H25FGeN.Ir/c1-20-8-7-9-21(2)31(20)28-15-14-27-26-13-12-25(19-30(26)35-32(27)34-28)29-18-24(16-17-33-29)22(3)23-10-5-4-6-11-23;1-22(2,3)19-14-23-20(16-9-6-10-18(21)12-16)13-17(19)11-15-7-4-5-8-15;/h7-9,13-19,22-23H,4-6,10-11H2,1-3H3;6,10,12-15H,4-5,7-8,11H2,1-3H3;/q2*-1;. The van der Waals surface area contributed by atoms with Crippen molar-refractivity contribution in [2.24, 2.45) is 11.8 Å². The number of benzene rings is 3. The predicted molar refractivity (Wildman–Crippen MR) is 241 cm³/mol. The monoisotopic (exact) mass is 1020 g/mol. The SMILES string of the molecule is Cc1cccc(C)c1-c1ccc2c(n1)oc1cc(-c3cc(C(C)C4CCCCC4)ccn3)[c-]cc12.[CH3][Ge]([CH3])([CH3])[c]1cnc(-c2[c-]ccc(F)c2)cc1CC1CCCC1.[Ir]. The summed E-state index contributed by atoms with van der Waals surface area (Å²) in [6.07, 6.45) is 17.4. The van der Waals surface area contributed by atoms with Gasteiger partial charge in [-0.1, -0.05) is 73.5 Å². The van der Waals surface area contributed by atoms with Gasteiger partial charge in [-0.3, -0.25) is 0 Å². The number of nitrogens with zero attached hydrogens (tertiary/aromatic N) is 3. The average molecular weight is 1020 g/mol. The zero-order valence-corrected chi connectivity index (χ0v) is 39.9. The number of aryl methyl sites for hydroxylation is 2. The van der Waals surface area contributed by atoms with Crippen molar-refractivity contribution >= 4 is 39.7 Å². The number of furan rings is 1. The van der Waals surface area contributed by atoms with Gasteiger partial charge in [0.25, 0.3) is 0 Å². The van der Waals surface area contributed by atoms with E-state index in [1.54, 1.807) is 6.07 Å². The molecule has 0 N–H and O–H groups in total. The van der Waals surface area contributed by atoms with Crippen LogP contribution in [0.3, 0.4) is 0 Å². The number of rotatable bonds is 8. The van der Waals surface area contributed by atoms with E-state index < -0.39 is 13.3 Å². The summed E-state index contributed by atoms with van der Waals surface area (Å²) in [6.45, 7) is 6.63. The van der Waals surface area contributed by atoms with E-state index in [1.807, 2.05) is 12.3 Å². The topological polar surface area (TPSA) is 51.8 Å². The van der Waals surface area contributed by atoms with Crippen molar-refractivity contribution in [2.75, 3.05) is 0 Å². The summed E-state index contributed by atoms with van der Waals surface area (Å²) >= 11 is -1.96. The molecule has 2 fully saturated rings. The Balaban J connectivity index is 0.000000192.